The minimum absolute atomic E-state index is 0.00531. The molecule has 35 heavy (non-hydrogen) atoms. The summed E-state index contributed by atoms with van der Waals surface area (Å²) in [6, 6.07) is 15.3. The second-order valence-corrected chi connectivity index (χ2v) is 8.54. The van der Waals surface area contributed by atoms with Crippen LogP contribution in [0.2, 0.25) is 0 Å². The number of carbonyl (C=O) groups excluding carboxylic acids is 1. The first-order valence-corrected chi connectivity index (χ1v) is 11.2. The van der Waals surface area contributed by atoms with Gasteiger partial charge in [0.05, 0.1) is 29.2 Å². The molecular weight excluding hydrogens is 470 g/mol. The number of nitro groups is 1. The van der Waals surface area contributed by atoms with Crippen molar-refractivity contribution in [2.45, 2.75) is 6.92 Å². The van der Waals surface area contributed by atoms with Crippen molar-refractivity contribution in [3.05, 3.63) is 87.2 Å². The molecule has 3 aromatic rings. The fourth-order valence-electron chi connectivity index (χ4n) is 3.63. The van der Waals surface area contributed by atoms with Gasteiger partial charge in [-0.2, -0.15) is 15.1 Å². The number of thioether (sulfide) groups is 1. The number of nitro benzene ring substituents is 1. The van der Waals surface area contributed by atoms with Gasteiger partial charge in [0.25, 0.3) is 11.6 Å². The topological polar surface area (TPSA) is 134 Å². The maximum atomic E-state index is 12.7. The van der Waals surface area contributed by atoms with Crippen LogP contribution in [0, 0.1) is 22.4 Å². The van der Waals surface area contributed by atoms with E-state index in [1.807, 2.05) is 31.2 Å². The van der Waals surface area contributed by atoms with Crippen LogP contribution in [0.3, 0.4) is 0 Å². The van der Waals surface area contributed by atoms with E-state index in [0.29, 0.717) is 16.0 Å². The van der Waals surface area contributed by atoms with E-state index in [1.54, 1.807) is 18.2 Å². The first-order chi connectivity index (χ1) is 16.9. The van der Waals surface area contributed by atoms with E-state index >= 15 is 0 Å². The second-order valence-electron chi connectivity index (χ2n) is 7.58. The Labute approximate surface area is 203 Å². The summed E-state index contributed by atoms with van der Waals surface area (Å²) in [6.45, 7) is 1.96. The van der Waals surface area contributed by atoms with Crippen molar-refractivity contribution in [2.75, 3.05) is 7.11 Å². The molecule has 0 radical (unpaired) electrons. The number of carbonyl (C=O) groups is 1. The summed E-state index contributed by atoms with van der Waals surface area (Å²) in [5.41, 5.74) is 1.99. The predicted molar refractivity (Wildman–Crippen MR) is 133 cm³/mol. The largest absolute Gasteiger partial charge is 0.497 e. The van der Waals surface area contributed by atoms with Gasteiger partial charge >= 0.3 is 0 Å². The first kappa shape index (κ1) is 22.3. The summed E-state index contributed by atoms with van der Waals surface area (Å²) in [6.07, 6.45) is 1.38. The molecule has 10 nitrogen and oxygen atoms in total. The molecule has 0 unspecified atom stereocenters. The molecule has 5 rings (SSSR count). The molecule has 1 aromatic heterocycles. The lowest BCUT2D eigenvalue weighted by molar-refractivity contribution is -0.384. The van der Waals surface area contributed by atoms with Crippen LogP contribution in [0.5, 0.6) is 5.75 Å². The lowest BCUT2D eigenvalue weighted by Gasteiger charge is -2.19. The Kier molecular flexibility index (Phi) is 5.53. The highest BCUT2D eigenvalue weighted by atomic mass is 32.2. The molecular formula is C24H17N5O5S. The zero-order valence-electron chi connectivity index (χ0n) is 18.5. The lowest BCUT2D eigenvalue weighted by atomic mass is 10.1. The molecule has 174 valence electrons. The van der Waals surface area contributed by atoms with Crippen molar-refractivity contribution in [3.8, 4) is 17.1 Å². The highest BCUT2D eigenvalue weighted by molar-refractivity contribution is 8.27. The molecule has 0 spiro atoms. The van der Waals surface area contributed by atoms with E-state index in [9.17, 15) is 14.9 Å². The number of nitrogens with zero attached hydrogens (tertiary/aromatic N) is 4. The number of ether oxygens (including phenoxy) is 1. The molecule has 1 amide bonds. The number of aryl methyl sites for hydroxylation is 1. The Balaban J connectivity index is 1.47. The molecule has 11 heteroatoms. The van der Waals surface area contributed by atoms with Crippen LogP contribution < -0.4 is 4.74 Å². The Morgan fingerprint density at radius 3 is 2.71 bits per heavy atom. The van der Waals surface area contributed by atoms with E-state index < -0.39 is 10.8 Å². The van der Waals surface area contributed by atoms with Crippen LogP contribution in [0.25, 0.3) is 17.4 Å². The van der Waals surface area contributed by atoms with Crippen molar-refractivity contribution >= 4 is 45.5 Å². The van der Waals surface area contributed by atoms with Crippen LogP contribution in [0.1, 0.15) is 16.9 Å². The van der Waals surface area contributed by atoms with Crippen molar-refractivity contribution in [2.24, 2.45) is 10.1 Å². The quantitative estimate of drug-likeness (QED) is 0.309. The van der Waals surface area contributed by atoms with E-state index in [4.69, 9.17) is 14.6 Å². The van der Waals surface area contributed by atoms with Gasteiger partial charge in [-0.3, -0.25) is 20.3 Å². The Bertz CT molecular complexity index is 1500. The standard InChI is InChI=1S/C24H17N5O5S/c1-13-5-3-4-6-16(13)23-27-28-21(25)18(22(30)26-24(28)35-23)11-15-8-10-20(34-15)17-9-7-14(33-2)12-19(17)29(31)32/h3-12,25H,1-2H3/b18-11+,25-21?. The van der Waals surface area contributed by atoms with Gasteiger partial charge in [-0.05, 0) is 54.6 Å². The van der Waals surface area contributed by atoms with Crippen LogP contribution in [0.4, 0.5) is 5.69 Å². The Morgan fingerprint density at radius 2 is 1.97 bits per heavy atom. The van der Waals surface area contributed by atoms with Crippen LogP contribution in [0.15, 0.2) is 74.7 Å². The predicted octanol–water partition coefficient (Wildman–Crippen LogP) is 4.84. The molecule has 0 atom stereocenters. The molecule has 2 aliphatic heterocycles. The second kappa shape index (κ2) is 8.69. The molecule has 0 saturated carbocycles. The zero-order valence-corrected chi connectivity index (χ0v) is 19.3. The summed E-state index contributed by atoms with van der Waals surface area (Å²) in [4.78, 5) is 27.8. The van der Waals surface area contributed by atoms with Gasteiger partial charge in [-0.15, -0.1) is 0 Å². The van der Waals surface area contributed by atoms with Gasteiger partial charge in [0.1, 0.15) is 22.3 Å². The third-order valence-corrected chi connectivity index (χ3v) is 6.35. The summed E-state index contributed by atoms with van der Waals surface area (Å²) in [7, 11) is 1.42. The van der Waals surface area contributed by atoms with Crippen LogP contribution in [-0.2, 0) is 4.79 Å². The fraction of sp³-hybridized carbons (Fsp3) is 0.0833. The highest BCUT2D eigenvalue weighted by Crippen LogP contribution is 2.35. The zero-order chi connectivity index (χ0) is 24.7. The number of fused-ring (bicyclic) bond motifs is 1. The summed E-state index contributed by atoms with van der Waals surface area (Å²) in [5, 5.41) is 26.8. The maximum Gasteiger partial charge on any atom is 0.284 e. The van der Waals surface area contributed by atoms with Crippen molar-refractivity contribution < 1.29 is 18.9 Å². The lowest BCUT2D eigenvalue weighted by Crippen LogP contribution is -2.35. The fourth-order valence-corrected chi connectivity index (χ4v) is 4.61. The molecule has 1 N–H and O–H groups in total. The average molecular weight is 487 g/mol. The SMILES string of the molecule is COc1ccc(-c2ccc(/C=C3\C(=N)N4N=C(c5ccccc5C)SC4=NC3=O)o2)c([N+](=O)[O-])c1. The van der Waals surface area contributed by atoms with E-state index in [0.717, 1.165) is 11.1 Å². The third kappa shape index (κ3) is 4.02. The Morgan fingerprint density at radius 1 is 1.17 bits per heavy atom. The number of furan rings is 1. The minimum atomic E-state index is -0.594. The van der Waals surface area contributed by atoms with Crippen molar-refractivity contribution in [1.29, 1.82) is 5.41 Å². The number of nitrogens with one attached hydrogen (secondary N) is 1. The maximum absolute atomic E-state index is 12.7. The molecule has 2 aromatic carbocycles. The molecule has 0 bridgehead atoms. The summed E-state index contributed by atoms with van der Waals surface area (Å²) >= 11 is 1.23. The van der Waals surface area contributed by atoms with E-state index in [-0.39, 0.29) is 34.2 Å². The monoisotopic (exact) mass is 487 g/mol. The van der Waals surface area contributed by atoms with Gasteiger partial charge in [-0.25, -0.2) is 0 Å². The van der Waals surface area contributed by atoms with Crippen molar-refractivity contribution in [1.82, 2.24) is 5.01 Å². The number of hydrazone groups is 1. The number of methoxy groups -OCH3 is 1. The number of benzene rings is 2. The number of amidine groups is 2. The minimum Gasteiger partial charge on any atom is -0.497 e. The van der Waals surface area contributed by atoms with Crippen LogP contribution >= 0.6 is 11.8 Å². The normalized spacial score (nSPS) is 16.3. The smallest absolute Gasteiger partial charge is 0.284 e. The van der Waals surface area contributed by atoms with Gasteiger partial charge in [0, 0.05) is 5.56 Å². The first-order valence-electron chi connectivity index (χ1n) is 10.3. The van der Waals surface area contributed by atoms with Gasteiger partial charge in [0.2, 0.25) is 5.17 Å². The molecule has 0 fully saturated rings. The summed E-state index contributed by atoms with van der Waals surface area (Å²) in [5.74, 6) is 0.0970. The van der Waals surface area contributed by atoms with Gasteiger partial charge < -0.3 is 9.15 Å². The molecule has 0 saturated heterocycles. The number of rotatable bonds is 5. The van der Waals surface area contributed by atoms with Crippen LogP contribution in [-0.4, -0.2) is 39.0 Å². The van der Waals surface area contributed by atoms with E-state index in [2.05, 4.69) is 10.1 Å². The molecule has 0 aliphatic carbocycles. The number of hydrogen-bond acceptors (Lipinski definition) is 8. The third-order valence-electron chi connectivity index (χ3n) is 5.41. The van der Waals surface area contributed by atoms with Gasteiger partial charge in [0.15, 0.2) is 5.84 Å². The van der Waals surface area contributed by atoms with Crippen molar-refractivity contribution in [3.63, 3.8) is 0 Å². The Hall–Kier alpha value is -4.51. The summed E-state index contributed by atoms with van der Waals surface area (Å²) < 4.78 is 10.8. The number of aliphatic imine (C=N–C) groups is 1. The highest BCUT2D eigenvalue weighted by Gasteiger charge is 2.36. The molecule has 2 aliphatic rings. The number of amides is 1. The van der Waals surface area contributed by atoms with E-state index in [1.165, 1.54) is 42.1 Å². The number of hydrogen-bond donors (Lipinski definition) is 1. The molecule has 3 heterocycles. The van der Waals surface area contributed by atoms with Gasteiger partial charge in [-0.1, -0.05) is 24.3 Å². The average Bonchev–Trinajstić information content (AvgIpc) is 3.49.